The van der Waals surface area contributed by atoms with Crippen LogP contribution in [-0.2, 0) is 9.84 Å². The molecule has 2 rings (SSSR count). The lowest BCUT2D eigenvalue weighted by Crippen LogP contribution is -2.02. The van der Waals surface area contributed by atoms with E-state index in [1.807, 2.05) is 0 Å². The van der Waals surface area contributed by atoms with Gasteiger partial charge in [-0.1, -0.05) is 6.07 Å². The maximum atomic E-state index is 11.7. The predicted octanol–water partition coefficient (Wildman–Crippen LogP) is 0.472. The van der Waals surface area contributed by atoms with Gasteiger partial charge in [0, 0.05) is 12.0 Å². The van der Waals surface area contributed by atoms with Gasteiger partial charge in [-0.15, -0.1) is 0 Å². The number of carboxylic acids is 1. The van der Waals surface area contributed by atoms with Gasteiger partial charge in [-0.3, -0.25) is 0 Å². The third-order valence-corrected chi connectivity index (χ3v) is 3.94. The molecule has 1 aromatic rings. The smallest absolute Gasteiger partial charge is 0.335 e. The molecule has 1 heterocycles. The Morgan fingerprint density at radius 2 is 2.06 bits per heavy atom. The summed E-state index contributed by atoms with van der Waals surface area (Å²) in [6, 6.07) is 4.00. The highest BCUT2D eigenvalue weighted by Crippen LogP contribution is 2.33. The van der Waals surface area contributed by atoms with E-state index in [0.717, 1.165) is 11.5 Å². The first-order valence-corrected chi connectivity index (χ1v) is 6.04. The van der Waals surface area contributed by atoms with E-state index in [0.29, 0.717) is 11.1 Å². The first-order chi connectivity index (χ1) is 7.45. The van der Waals surface area contributed by atoms with Gasteiger partial charge in [0.05, 0.1) is 10.5 Å². The Balaban J connectivity index is 2.69. The average molecular weight is 239 g/mol. The van der Waals surface area contributed by atoms with Crippen LogP contribution < -0.4 is 5.73 Å². The molecule has 1 aliphatic heterocycles. The highest BCUT2D eigenvalue weighted by molar-refractivity contribution is 7.95. The molecule has 0 aliphatic carbocycles. The molecule has 0 spiro atoms. The summed E-state index contributed by atoms with van der Waals surface area (Å²) in [7, 11) is -3.53. The van der Waals surface area contributed by atoms with Gasteiger partial charge in [-0.05, 0) is 23.3 Å². The van der Waals surface area contributed by atoms with E-state index in [1.165, 1.54) is 12.1 Å². The van der Waals surface area contributed by atoms with E-state index < -0.39 is 15.8 Å². The largest absolute Gasteiger partial charge is 0.478 e. The van der Waals surface area contributed by atoms with E-state index in [-0.39, 0.29) is 17.0 Å². The van der Waals surface area contributed by atoms with Gasteiger partial charge in [0.25, 0.3) is 0 Å². The van der Waals surface area contributed by atoms with Crippen LogP contribution in [0.25, 0.3) is 5.57 Å². The van der Waals surface area contributed by atoms with Crippen LogP contribution in [0.1, 0.15) is 15.9 Å². The van der Waals surface area contributed by atoms with Crippen molar-refractivity contribution in [2.75, 3.05) is 6.54 Å². The second-order valence-electron chi connectivity index (χ2n) is 3.41. The normalized spacial score (nSPS) is 16.7. The lowest BCUT2D eigenvalue weighted by atomic mass is 10.1. The zero-order chi connectivity index (χ0) is 11.9. The first kappa shape index (κ1) is 10.8. The summed E-state index contributed by atoms with van der Waals surface area (Å²) in [5, 5.41) is 9.86. The molecule has 3 N–H and O–H groups in total. The molecule has 1 aliphatic rings. The average Bonchev–Trinajstić information content (AvgIpc) is 2.50. The van der Waals surface area contributed by atoms with E-state index in [1.54, 1.807) is 0 Å². The lowest BCUT2D eigenvalue weighted by Gasteiger charge is -2.02. The zero-order valence-corrected chi connectivity index (χ0v) is 8.99. The van der Waals surface area contributed by atoms with Crippen molar-refractivity contribution in [2.24, 2.45) is 5.73 Å². The monoisotopic (exact) mass is 239 g/mol. The minimum absolute atomic E-state index is 0.0212. The van der Waals surface area contributed by atoms with Crippen molar-refractivity contribution in [3.8, 4) is 0 Å². The molecule has 0 unspecified atom stereocenters. The first-order valence-electron chi connectivity index (χ1n) is 4.49. The van der Waals surface area contributed by atoms with Gasteiger partial charge >= 0.3 is 5.97 Å². The third kappa shape index (κ3) is 1.52. The van der Waals surface area contributed by atoms with Gasteiger partial charge in [-0.25, -0.2) is 13.2 Å². The molecular weight excluding hydrogens is 230 g/mol. The second-order valence-corrected chi connectivity index (χ2v) is 5.17. The third-order valence-electron chi connectivity index (χ3n) is 2.40. The summed E-state index contributed by atoms with van der Waals surface area (Å²) >= 11 is 0. The van der Waals surface area contributed by atoms with Crippen molar-refractivity contribution < 1.29 is 18.3 Å². The zero-order valence-electron chi connectivity index (χ0n) is 8.17. The molecule has 0 aromatic heterocycles. The molecule has 0 bridgehead atoms. The number of carboxylic acid groups (broad SMARTS) is 1. The standard InChI is InChI=1S/C10H9NO4S/c11-4-7-5-16(14,15)9-3-6(10(12)13)1-2-8(7)9/h1-3,5H,4,11H2,(H,12,13). The summed E-state index contributed by atoms with van der Waals surface area (Å²) in [4.78, 5) is 10.7. The van der Waals surface area contributed by atoms with Crippen molar-refractivity contribution in [1.29, 1.82) is 0 Å². The van der Waals surface area contributed by atoms with Crippen molar-refractivity contribution in [3.05, 3.63) is 34.7 Å². The number of benzene rings is 1. The van der Waals surface area contributed by atoms with Gasteiger partial charge in [0.15, 0.2) is 0 Å². The van der Waals surface area contributed by atoms with Crippen LogP contribution in [0.3, 0.4) is 0 Å². The van der Waals surface area contributed by atoms with E-state index in [2.05, 4.69) is 0 Å². The van der Waals surface area contributed by atoms with Crippen molar-refractivity contribution in [1.82, 2.24) is 0 Å². The van der Waals surface area contributed by atoms with Crippen molar-refractivity contribution in [2.45, 2.75) is 4.90 Å². The summed E-state index contributed by atoms with van der Waals surface area (Å²) in [5.41, 5.74) is 6.37. The minimum atomic E-state index is -3.53. The van der Waals surface area contributed by atoms with Gasteiger partial charge in [0.1, 0.15) is 0 Å². The Morgan fingerprint density at radius 1 is 1.38 bits per heavy atom. The van der Waals surface area contributed by atoms with E-state index in [4.69, 9.17) is 10.8 Å². The minimum Gasteiger partial charge on any atom is -0.478 e. The van der Waals surface area contributed by atoms with Crippen LogP contribution >= 0.6 is 0 Å². The van der Waals surface area contributed by atoms with Crippen LogP contribution in [0, 0.1) is 0 Å². The molecule has 0 amide bonds. The number of sulfone groups is 1. The molecule has 16 heavy (non-hydrogen) atoms. The highest BCUT2D eigenvalue weighted by Gasteiger charge is 2.27. The summed E-state index contributed by atoms with van der Waals surface area (Å²) in [6.45, 7) is 0.110. The molecule has 6 heteroatoms. The van der Waals surface area contributed by atoms with Crippen LogP contribution in [-0.4, -0.2) is 26.0 Å². The van der Waals surface area contributed by atoms with E-state index >= 15 is 0 Å². The summed E-state index contributed by atoms with van der Waals surface area (Å²) in [6.07, 6.45) is 0. The maximum absolute atomic E-state index is 11.7. The highest BCUT2D eigenvalue weighted by atomic mass is 32.2. The molecule has 0 fully saturated rings. The number of fused-ring (bicyclic) bond motifs is 1. The van der Waals surface area contributed by atoms with Gasteiger partial charge in [-0.2, -0.15) is 0 Å². The Hall–Kier alpha value is -1.66. The lowest BCUT2D eigenvalue weighted by molar-refractivity contribution is 0.0696. The Kier molecular flexibility index (Phi) is 2.32. The van der Waals surface area contributed by atoms with E-state index in [9.17, 15) is 13.2 Å². The summed E-state index contributed by atoms with van der Waals surface area (Å²) < 4.78 is 23.3. The Morgan fingerprint density at radius 3 is 2.62 bits per heavy atom. The summed E-state index contributed by atoms with van der Waals surface area (Å²) in [5.74, 6) is -1.15. The SMILES string of the molecule is NCC1=CS(=O)(=O)c2cc(C(=O)O)ccc21. The Bertz CT molecular complexity index is 601. The number of hydrogen-bond donors (Lipinski definition) is 2. The molecule has 5 nitrogen and oxygen atoms in total. The topological polar surface area (TPSA) is 97.5 Å². The van der Waals surface area contributed by atoms with Crippen LogP contribution in [0.15, 0.2) is 28.5 Å². The van der Waals surface area contributed by atoms with Gasteiger partial charge < -0.3 is 10.8 Å². The molecule has 1 aromatic carbocycles. The number of carbonyl (C=O) groups is 1. The molecule has 0 radical (unpaired) electrons. The van der Waals surface area contributed by atoms with Crippen molar-refractivity contribution >= 4 is 21.4 Å². The van der Waals surface area contributed by atoms with Crippen LogP contribution in [0.5, 0.6) is 0 Å². The quantitative estimate of drug-likeness (QED) is 0.781. The fourth-order valence-corrected chi connectivity index (χ4v) is 3.15. The van der Waals surface area contributed by atoms with Crippen LogP contribution in [0.2, 0.25) is 0 Å². The maximum Gasteiger partial charge on any atom is 0.335 e. The molecule has 0 atom stereocenters. The molecule has 0 saturated carbocycles. The molecular formula is C10H9NO4S. The number of hydrogen-bond acceptors (Lipinski definition) is 4. The Labute approximate surface area is 92.1 Å². The fraction of sp³-hybridized carbons (Fsp3) is 0.100. The predicted molar refractivity (Wildman–Crippen MR) is 57.6 cm³/mol. The molecule has 84 valence electrons. The second kappa shape index (κ2) is 3.43. The van der Waals surface area contributed by atoms with Gasteiger partial charge in [0.2, 0.25) is 9.84 Å². The number of aromatic carboxylic acids is 1. The fourth-order valence-electron chi connectivity index (χ4n) is 1.63. The number of nitrogens with two attached hydrogens (primary N) is 1. The van der Waals surface area contributed by atoms with Crippen LogP contribution in [0.4, 0.5) is 0 Å². The van der Waals surface area contributed by atoms with Crippen molar-refractivity contribution in [3.63, 3.8) is 0 Å². The number of rotatable bonds is 2. The molecule has 0 saturated heterocycles.